The second-order valence-electron chi connectivity index (χ2n) is 16.2. The van der Waals surface area contributed by atoms with Crippen LogP contribution in [0.3, 0.4) is 0 Å². The van der Waals surface area contributed by atoms with Crippen LogP contribution in [0.4, 0.5) is 11.6 Å². The zero-order chi connectivity index (χ0) is 43.3. The summed E-state index contributed by atoms with van der Waals surface area (Å²) in [6.45, 7) is 6.63. The molecule has 1 atom stereocenters. The third kappa shape index (κ3) is 7.57. The van der Waals surface area contributed by atoms with Gasteiger partial charge in [0.1, 0.15) is 18.1 Å². The van der Waals surface area contributed by atoms with Crippen molar-refractivity contribution in [3.8, 4) is 17.0 Å². The van der Waals surface area contributed by atoms with Crippen molar-refractivity contribution in [2.75, 3.05) is 38.5 Å². The van der Waals surface area contributed by atoms with Gasteiger partial charge < -0.3 is 15.0 Å². The zero-order valence-electron chi connectivity index (χ0n) is 34.8. The summed E-state index contributed by atoms with van der Waals surface area (Å²) in [5, 5.41) is 18.2. The number of sulfonamides is 1. The number of anilines is 2. The molecular weight excluding hydrogens is 815 g/mol. The normalized spacial score (nSPS) is 16.9. The standard InChI is InChI=1S/C42H47N13O6S/c1-25(2)61-38-37(28-21-45-46-22-28)44-24-54-39(38)49-41(50-54)47-31-7-10-35(30-23-43-15-12-29(30)31)62(59,60)51(3)16-5-17-53-18-13-26(14-19-53)27-6-8-32-34(20-27)52(4)42(58)55(32)33-9-11-36(56)48-40(33)57/h6-8,10,12,15,20-26,33H,5,9,11,13-14,16-19H2,1-4H3,(H,45,46)(H,47,50)(H,48,56,57). The fraction of sp³-hybridized carbons (Fsp3) is 0.381. The van der Waals surface area contributed by atoms with Crippen molar-refractivity contribution in [1.82, 2.24) is 58.4 Å². The fourth-order valence-corrected chi connectivity index (χ4v) is 9.98. The number of nitrogens with one attached hydrogen (secondary N) is 3. The summed E-state index contributed by atoms with van der Waals surface area (Å²) >= 11 is 0. The highest BCUT2D eigenvalue weighted by atomic mass is 32.2. The molecule has 0 spiro atoms. The van der Waals surface area contributed by atoms with E-state index in [4.69, 9.17) is 9.72 Å². The van der Waals surface area contributed by atoms with Crippen molar-refractivity contribution in [1.29, 1.82) is 0 Å². The van der Waals surface area contributed by atoms with E-state index in [-0.39, 0.29) is 35.0 Å². The number of carbonyl (C=O) groups excluding carboxylic acids is 2. The van der Waals surface area contributed by atoms with Crippen LogP contribution < -0.4 is 21.1 Å². The molecule has 19 nitrogen and oxygen atoms in total. The number of benzene rings is 2. The van der Waals surface area contributed by atoms with Crippen LogP contribution in [0.15, 0.2) is 77.2 Å². The average molecular weight is 862 g/mol. The van der Waals surface area contributed by atoms with E-state index in [0.717, 1.165) is 49.1 Å². The lowest BCUT2D eigenvalue weighted by atomic mass is 9.89. The molecule has 0 saturated carbocycles. The predicted octanol–water partition coefficient (Wildman–Crippen LogP) is 4.11. The minimum absolute atomic E-state index is 0.154. The lowest BCUT2D eigenvalue weighted by Crippen LogP contribution is -2.44. The van der Waals surface area contributed by atoms with Crippen LogP contribution in [0.1, 0.15) is 63.5 Å². The van der Waals surface area contributed by atoms with Crippen molar-refractivity contribution < 1.29 is 22.7 Å². The zero-order valence-corrected chi connectivity index (χ0v) is 35.6. The molecule has 2 fully saturated rings. The van der Waals surface area contributed by atoms with Gasteiger partial charge in [-0.25, -0.2) is 22.5 Å². The van der Waals surface area contributed by atoms with Gasteiger partial charge in [0.15, 0.2) is 5.75 Å². The predicted molar refractivity (Wildman–Crippen MR) is 231 cm³/mol. The van der Waals surface area contributed by atoms with E-state index in [2.05, 4.69) is 40.8 Å². The van der Waals surface area contributed by atoms with Crippen LogP contribution in [0.2, 0.25) is 0 Å². The Hall–Kier alpha value is -6.51. The Morgan fingerprint density at radius 3 is 2.60 bits per heavy atom. The molecule has 322 valence electrons. The number of fused-ring (bicyclic) bond motifs is 3. The number of pyridine rings is 1. The lowest BCUT2D eigenvalue weighted by molar-refractivity contribution is -0.135. The SMILES string of the molecule is CC(C)Oc1c(-c2cn[nH]c2)ncn2nc(Nc3ccc(S(=O)(=O)N(C)CCCN4CCC(c5ccc6c(c5)n(C)c(=O)n6C5CCC(=O)NC5=O)CC4)c4cnccc34)nc12. The number of likely N-dealkylation sites (tertiary alicyclic amines) is 1. The van der Waals surface area contributed by atoms with E-state index < -0.39 is 22.0 Å². The van der Waals surface area contributed by atoms with Crippen LogP contribution in [0, 0.1) is 0 Å². The molecular formula is C42H47N13O6S. The number of imidazole rings is 1. The lowest BCUT2D eigenvalue weighted by Gasteiger charge is -2.32. The van der Waals surface area contributed by atoms with Crippen LogP contribution in [-0.2, 0) is 26.7 Å². The summed E-state index contributed by atoms with van der Waals surface area (Å²) in [7, 11) is -0.570. The number of piperidine rings is 2. The average Bonchev–Trinajstić information content (AvgIpc) is 4.00. The Labute approximate surface area is 356 Å². The van der Waals surface area contributed by atoms with Crippen molar-refractivity contribution in [2.45, 2.75) is 68.9 Å². The molecule has 1 unspecified atom stereocenters. The highest BCUT2D eigenvalue weighted by Gasteiger charge is 2.32. The van der Waals surface area contributed by atoms with Crippen molar-refractivity contribution in [3.63, 3.8) is 0 Å². The second-order valence-corrected chi connectivity index (χ2v) is 18.2. The van der Waals surface area contributed by atoms with Gasteiger partial charge in [0.2, 0.25) is 33.4 Å². The molecule has 0 aliphatic carbocycles. The van der Waals surface area contributed by atoms with Gasteiger partial charge >= 0.3 is 5.69 Å². The first-order valence-electron chi connectivity index (χ1n) is 20.7. The van der Waals surface area contributed by atoms with Gasteiger partial charge in [0.25, 0.3) is 0 Å². The van der Waals surface area contributed by atoms with Gasteiger partial charge in [0, 0.05) is 67.7 Å². The molecule has 9 rings (SSSR count). The first-order chi connectivity index (χ1) is 29.9. The monoisotopic (exact) mass is 861 g/mol. The molecule has 2 aromatic carbocycles. The van der Waals surface area contributed by atoms with E-state index in [1.807, 2.05) is 32.0 Å². The summed E-state index contributed by atoms with van der Waals surface area (Å²) in [5.74, 6) is 0.256. The number of hydrogen-bond donors (Lipinski definition) is 3. The van der Waals surface area contributed by atoms with E-state index in [9.17, 15) is 22.8 Å². The quantitative estimate of drug-likeness (QED) is 0.139. The highest BCUT2D eigenvalue weighted by molar-refractivity contribution is 7.89. The minimum atomic E-state index is -3.89. The molecule has 20 heteroatoms. The van der Waals surface area contributed by atoms with E-state index in [1.165, 1.54) is 13.4 Å². The summed E-state index contributed by atoms with van der Waals surface area (Å²) in [6.07, 6.45) is 10.9. The molecule has 0 bridgehead atoms. The van der Waals surface area contributed by atoms with Crippen molar-refractivity contribution in [2.24, 2.45) is 7.05 Å². The summed E-state index contributed by atoms with van der Waals surface area (Å²) in [5.41, 5.74) is 4.66. The maximum absolute atomic E-state index is 14.1. The molecule has 0 radical (unpaired) electrons. The molecule has 3 N–H and O–H groups in total. The van der Waals surface area contributed by atoms with E-state index in [0.29, 0.717) is 64.4 Å². The Morgan fingerprint density at radius 2 is 1.84 bits per heavy atom. The number of rotatable bonds is 13. The van der Waals surface area contributed by atoms with Gasteiger partial charge in [-0.05, 0) is 101 Å². The van der Waals surface area contributed by atoms with Crippen LogP contribution >= 0.6 is 0 Å². The number of ether oxygens (including phenoxy) is 1. The fourth-order valence-electron chi connectivity index (χ4n) is 8.60. The van der Waals surface area contributed by atoms with Gasteiger partial charge in [-0.3, -0.25) is 34.1 Å². The summed E-state index contributed by atoms with van der Waals surface area (Å²) in [4.78, 5) is 53.7. The third-order valence-electron chi connectivity index (χ3n) is 11.8. The van der Waals surface area contributed by atoms with Gasteiger partial charge in [-0.1, -0.05) is 6.07 Å². The number of amides is 2. The molecule has 62 heavy (non-hydrogen) atoms. The van der Waals surface area contributed by atoms with Crippen LogP contribution in [0.5, 0.6) is 5.75 Å². The Morgan fingerprint density at radius 1 is 1.02 bits per heavy atom. The number of imide groups is 1. The number of H-pyrrole nitrogens is 1. The third-order valence-corrected chi connectivity index (χ3v) is 13.7. The highest BCUT2D eigenvalue weighted by Crippen LogP contribution is 2.35. The summed E-state index contributed by atoms with van der Waals surface area (Å²) < 4.78 is 40.3. The molecule has 7 aromatic rings. The van der Waals surface area contributed by atoms with E-state index in [1.54, 1.807) is 68.0 Å². The van der Waals surface area contributed by atoms with Gasteiger partial charge in [-0.15, -0.1) is 5.10 Å². The molecule has 2 saturated heterocycles. The smallest absolute Gasteiger partial charge is 0.329 e. The number of aromatic nitrogens is 9. The maximum Gasteiger partial charge on any atom is 0.329 e. The Balaban J connectivity index is 0.841. The first-order valence-corrected chi connectivity index (χ1v) is 22.1. The number of hydrogen-bond acceptors (Lipinski definition) is 13. The van der Waals surface area contributed by atoms with Crippen LogP contribution in [-0.4, -0.2) is 113 Å². The molecule has 5 aromatic heterocycles. The van der Waals surface area contributed by atoms with Gasteiger partial charge in [0.05, 0.1) is 28.2 Å². The first kappa shape index (κ1) is 40.9. The summed E-state index contributed by atoms with van der Waals surface area (Å²) in [6, 6.07) is 10.3. The van der Waals surface area contributed by atoms with Crippen molar-refractivity contribution in [3.05, 3.63) is 83.6 Å². The Kier molecular flexibility index (Phi) is 10.8. The maximum atomic E-state index is 14.1. The molecule has 2 aliphatic heterocycles. The Bertz CT molecular complexity index is 3000. The number of aryl methyl sites for hydroxylation is 1. The van der Waals surface area contributed by atoms with Crippen molar-refractivity contribution >= 4 is 60.9 Å². The minimum Gasteiger partial charge on any atom is -0.485 e. The second kappa shape index (κ2) is 16.4. The number of carbonyl (C=O) groups is 2. The number of nitrogens with zero attached hydrogens (tertiary/aromatic N) is 10. The largest absolute Gasteiger partial charge is 0.485 e. The van der Waals surface area contributed by atoms with Gasteiger partial charge in [-0.2, -0.15) is 14.6 Å². The topological polar surface area (TPSA) is 220 Å². The molecule has 2 aliphatic rings. The van der Waals surface area contributed by atoms with Crippen LogP contribution in [0.25, 0.3) is 38.7 Å². The van der Waals surface area contributed by atoms with E-state index >= 15 is 0 Å². The molecule has 2 amide bonds. The molecule has 7 heterocycles. The number of aromatic amines is 1.